The van der Waals surface area contributed by atoms with Crippen molar-refractivity contribution in [3.8, 4) is 0 Å². The fourth-order valence-electron chi connectivity index (χ4n) is 2.38. The van der Waals surface area contributed by atoms with E-state index in [1.807, 2.05) is 11.1 Å². The molecule has 0 bridgehead atoms. The monoisotopic (exact) mass is 266 g/mol. The van der Waals surface area contributed by atoms with Crippen LogP contribution in [0.3, 0.4) is 0 Å². The minimum atomic E-state index is 0.00942. The Kier molecular flexibility index (Phi) is 1.99. The molecule has 0 saturated carbocycles. The number of nitrogens with one attached hydrogen (secondary N) is 1. The highest BCUT2D eigenvalue weighted by Gasteiger charge is 2.32. The molecule has 0 atom stereocenters. The molecule has 0 unspecified atom stereocenters. The van der Waals surface area contributed by atoms with Crippen LogP contribution in [0, 0.1) is 0 Å². The van der Waals surface area contributed by atoms with Crippen LogP contribution in [-0.2, 0) is 0 Å². The Labute approximate surface area is 96.6 Å². The number of allylic oxidation sites excluding steroid dienone is 2. The van der Waals surface area contributed by atoms with Gasteiger partial charge in [-0.1, -0.05) is 15.9 Å². The molecule has 15 heavy (non-hydrogen) atoms. The van der Waals surface area contributed by atoms with Crippen molar-refractivity contribution in [2.45, 2.75) is 19.3 Å². The van der Waals surface area contributed by atoms with E-state index in [0.29, 0.717) is 0 Å². The average molecular weight is 267 g/mol. The molecule has 4 heteroatoms. The fraction of sp³-hybridized carbons (Fsp3) is 0.364. The summed E-state index contributed by atoms with van der Waals surface area (Å²) < 4.78 is 1.21. The van der Waals surface area contributed by atoms with Crippen LogP contribution < -0.4 is 5.32 Å². The third-order valence-corrected chi connectivity index (χ3v) is 3.71. The summed E-state index contributed by atoms with van der Waals surface area (Å²) >= 11 is 3.55. The standard InChI is InChI=1S/C11H11BrN2O/c12-9-2-1-7-3-4-14-10(7)8(5-9)6-13-11(14)15/h5-6H,1-4H2,(H,13,15). The van der Waals surface area contributed by atoms with E-state index in [1.54, 1.807) is 0 Å². The summed E-state index contributed by atoms with van der Waals surface area (Å²) in [5, 5.41) is 2.78. The lowest BCUT2D eigenvalue weighted by atomic mass is 10.1. The van der Waals surface area contributed by atoms with Gasteiger partial charge in [-0.05, 0) is 35.4 Å². The third-order valence-electron chi connectivity index (χ3n) is 3.09. The molecule has 2 heterocycles. The Bertz CT molecular complexity index is 434. The first-order chi connectivity index (χ1) is 7.25. The predicted molar refractivity (Wildman–Crippen MR) is 61.2 cm³/mol. The van der Waals surface area contributed by atoms with Gasteiger partial charge in [0.2, 0.25) is 0 Å². The van der Waals surface area contributed by atoms with Crippen LogP contribution in [0.1, 0.15) is 19.3 Å². The molecule has 0 aromatic heterocycles. The van der Waals surface area contributed by atoms with Gasteiger partial charge in [0.15, 0.2) is 0 Å². The van der Waals surface area contributed by atoms with Crippen LogP contribution in [0.2, 0.25) is 0 Å². The van der Waals surface area contributed by atoms with E-state index >= 15 is 0 Å². The molecule has 3 rings (SSSR count). The number of hydrogen-bond donors (Lipinski definition) is 1. The second kappa shape index (κ2) is 3.23. The molecule has 0 spiro atoms. The molecule has 0 fully saturated rings. The van der Waals surface area contributed by atoms with Crippen molar-refractivity contribution in [1.82, 2.24) is 10.2 Å². The van der Waals surface area contributed by atoms with Gasteiger partial charge < -0.3 is 5.32 Å². The maximum absolute atomic E-state index is 11.6. The molecule has 0 saturated heterocycles. The summed E-state index contributed by atoms with van der Waals surface area (Å²) in [6.45, 7) is 0.833. The van der Waals surface area contributed by atoms with E-state index in [9.17, 15) is 4.79 Å². The lowest BCUT2D eigenvalue weighted by molar-refractivity contribution is 0.217. The van der Waals surface area contributed by atoms with E-state index in [1.165, 1.54) is 10.1 Å². The predicted octanol–water partition coefficient (Wildman–Crippen LogP) is 2.63. The van der Waals surface area contributed by atoms with Gasteiger partial charge in [-0.15, -0.1) is 0 Å². The van der Waals surface area contributed by atoms with Crippen LogP contribution in [0.25, 0.3) is 0 Å². The molecular weight excluding hydrogens is 256 g/mol. The maximum Gasteiger partial charge on any atom is 0.325 e. The van der Waals surface area contributed by atoms with Gasteiger partial charge in [0.05, 0.1) is 5.70 Å². The summed E-state index contributed by atoms with van der Waals surface area (Å²) in [7, 11) is 0. The molecular formula is C11H11BrN2O. The Balaban J connectivity index is 2.14. The van der Waals surface area contributed by atoms with Crippen LogP contribution in [0.4, 0.5) is 4.79 Å². The summed E-state index contributed by atoms with van der Waals surface area (Å²) in [5.41, 5.74) is 3.70. The number of halogens is 1. The first kappa shape index (κ1) is 9.21. The Morgan fingerprint density at radius 3 is 3.07 bits per heavy atom. The van der Waals surface area contributed by atoms with E-state index in [4.69, 9.17) is 0 Å². The SMILES string of the molecule is O=C1NC=C2C=C(Br)CCC3=C2N1CC3. The highest BCUT2D eigenvalue weighted by molar-refractivity contribution is 9.11. The number of amides is 2. The zero-order valence-corrected chi connectivity index (χ0v) is 9.80. The van der Waals surface area contributed by atoms with Gasteiger partial charge in [0.25, 0.3) is 0 Å². The van der Waals surface area contributed by atoms with Crippen molar-refractivity contribution in [3.05, 3.63) is 33.6 Å². The molecule has 3 aliphatic rings. The van der Waals surface area contributed by atoms with Gasteiger partial charge in [-0.3, -0.25) is 4.90 Å². The van der Waals surface area contributed by atoms with Gasteiger partial charge in [0, 0.05) is 18.3 Å². The summed E-state index contributed by atoms with van der Waals surface area (Å²) in [4.78, 5) is 13.5. The molecule has 2 amide bonds. The van der Waals surface area contributed by atoms with Crippen molar-refractivity contribution >= 4 is 22.0 Å². The maximum atomic E-state index is 11.6. The zero-order valence-electron chi connectivity index (χ0n) is 8.22. The van der Waals surface area contributed by atoms with Gasteiger partial charge in [-0.25, -0.2) is 4.79 Å². The normalized spacial score (nSPS) is 24.3. The second-order valence-electron chi connectivity index (χ2n) is 3.99. The topological polar surface area (TPSA) is 32.3 Å². The summed E-state index contributed by atoms with van der Waals surface area (Å²) in [6, 6.07) is 0.00942. The smallest absolute Gasteiger partial charge is 0.314 e. The van der Waals surface area contributed by atoms with Crippen molar-refractivity contribution < 1.29 is 4.79 Å². The highest BCUT2D eigenvalue weighted by atomic mass is 79.9. The number of carbonyl (C=O) groups excluding carboxylic acids is 1. The van der Waals surface area contributed by atoms with Crippen LogP contribution in [0.5, 0.6) is 0 Å². The highest BCUT2D eigenvalue weighted by Crippen LogP contribution is 2.38. The minimum absolute atomic E-state index is 0.00942. The first-order valence-corrected chi connectivity index (χ1v) is 5.91. The van der Waals surface area contributed by atoms with Crippen LogP contribution >= 0.6 is 15.9 Å². The van der Waals surface area contributed by atoms with Crippen LogP contribution in [0.15, 0.2) is 33.6 Å². The van der Waals surface area contributed by atoms with E-state index in [0.717, 1.165) is 37.1 Å². The van der Waals surface area contributed by atoms with E-state index < -0.39 is 0 Å². The lowest BCUT2D eigenvalue weighted by Gasteiger charge is -2.25. The molecule has 0 radical (unpaired) electrons. The molecule has 0 aromatic carbocycles. The summed E-state index contributed by atoms with van der Waals surface area (Å²) in [6.07, 6.45) is 7.05. The largest absolute Gasteiger partial charge is 0.325 e. The number of nitrogens with zero attached hydrogens (tertiary/aromatic N) is 1. The zero-order chi connectivity index (χ0) is 10.4. The first-order valence-electron chi connectivity index (χ1n) is 5.12. The minimum Gasteiger partial charge on any atom is -0.314 e. The molecule has 0 aromatic rings. The second-order valence-corrected chi connectivity index (χ2v) is 5.01. The number of rotatable bonds is 0. The Morgan fingerprint density at radius 2 is 2.20 bits per heavy atom. The quantitative estimate of drug-likeness (QED) is 0.719. The van der Waals surface area contributed by atoms with Crippen molar-refractivity contribution in [1.29, 1.82) is 0 Å². The third kappa shape index (κ3) is 1.35. The number of carbonyl (C=O) groups is 1. The molecule has 1 N–H and O–H groups in total. The van der Waals surface area contributed by atoms with Crippen molar-refractivity contribution in [3.63, 3.8) is 0 Å². The van der Waals surface area contributed by atoms with Crippen LogP contribution in [-0.4, -0.2) is 17.5 Å². The molecule has 3 nitrogen and oxygen atoms in total. The fourth-order valence-corrected chi connectivity index (χ4v) is 2.83. The van der Waals surface area contributed by atoms with Gasteiger partial charge in [0.1, 0.15) is 0 Å². The van der Waals surface area contributed by atoms with Crippen molar-refractivity contribution in [2.75, 3.05) is 6.54 Å². The molecule has 1 aliphatic carbocycles. The lowest BCUT2D eigenvalue weighted by Crippen LogP contribution is -2.39. The van der Waals surface area contributed by atoms with E-state index in [-0.39, 0.29) is 6.03 Å². The molecule has 78 valence electrons. The molecule has 2 aliphatic heterocycles. The summed E-state index contributed by atoms with van der Waals surface area (Å²) in [5.74, 6) is 0. The average Bonchev–Trinajstić information content (AvgIpc) is 2.57. The van der Waals surface area contributed by atoms with Gasteiger partial charge >= 0.3 is 6.03 Å². The number of urea groups is 1. The van der Waals surface area contributed by atoms with E-state index in [2.05, 4.69) is 27.3 Å². The van der Waals surface area contributed by atoms with Crippen molar-refractivity contribution in [2.24, 2.45) is 0 Å². The number of hydrogen-bond acceptors (Lipinski definition) is 1. The Morgan fingerprint density at radius 1 is 1.33 bits per heavy atom. The Hall–Kier alpha value is -1.03. The van der Waals surface area contributed by atoms with Gasteiger partial charge in [-0.2, -0.15) is 0 Å².